The van der Waals surface area contributed by atoms with Gasteiger partial charge in [0.25, 0.3) is 0 Å². The van der Waals surface area contributed by atoms with Crippen LogP contribution >= 0.6 is 19.4 Å². The van der Waals surface area contributed by atoms with Gasteiger partial charge in [-0.3, -0.25) is 4.79 Å². The second-order valence-corrected chi connectivity index (χ2v) is 8.64. The van der Waals surface area contributed by atoms with Crippen LogP contribution in [0.25, 0.3) is 0 Å². The summed E-state index contributed by atoms with van der Waals surface area (Å²) in [5, 5.41) is 12.3. The molecule has 1 unspecified atom stereocenters. The van der Waals surface area contributed by atoms with Crippen molar-refractivity contribution in [2.75, 3.05) is 5.32 Å². The average molecular weight is 358 g/mol. The molecule has 1 aliphatic carbocycles. The molecule has 1 aromatic heterocycles. The Balaban J connectivity index is 2.12. The lowest BCUT2D eigenvalue weighted by molar-refractivity contribution is -0.125. The number of hydrogen-bond donors (Lipinski definition) is 2. The number of nitrogens with one attached hydrogen (secondary N) is 1. The molecule has 8 heteroatoms. The van der Waals surface area contributed by atoms with Crippen LogP contribution in [0.15, 0.2) is 0 Å². The third-order valence-electron chi connectivity index (χ3n) is 4.59. The SMILES string of the molecule is CCC[C@H](CC1(C(=O)Nc2nnc(CC)s2)CCCC1)[P+](=O)O. The van der Waals surface area contributed by atoms with Crippen molar-refractivity contribution in [1.82, 2.24) is 10.2 Å². The van der Waals surface area contributed by atoms with Gasteiger partial charge in [-0.05, 0) is 30.2 Å². The fourth-order valence-corrected chi connectivity index (χ4v) is 4.99. The van der Waals surface area contributed by atoms with Gasteiger partial charge >= 0.3 is 8.03 Å². The third kappa shape index (κ3) is 4.55. The van der Waals surface area contributed by atoms with Crippen molar-refractivity contribution in [2.24, 2.45) is 5.41 Å². The summed E-state index contributed by atoms with van der Waals surface area (Å²) in [5.74, 6) is -0.0632. The van der Waals surface area contributed by atoms with Gasteiger partial charge in [-0.15, -0.1) is 10.2 Å². The number of amides is 1. The van der Waals surface area contributed by atoms with E-state index < -0.39 is 13.4 Å². The molecule has 0 radical (unpaired) electrons. The van der Waals surface area contributed by atoms with E-state index in [1.807, 2.05) is 13.8 Å². The van der Waals surface area contributed by atoms with Crippen LogP contribution in [0.5, 0.6) is 0 Å². The predicted octanol–water partition coefficient (Wildman–Crippen LogP) is 3.89. The molecule has 0 spiro atoms. The maximum absolute atomic E-state index is 12.8. The highest BCUT2D eigenvalue weighted by atomic mass is 32.1. The zero-order chi connectivity index (χ0) is 16.9. The molecular formula is C15H25N3O3PS+. The molecule has 1 aromatic rings. The number of hydrogen-bond acceptors (Lipinski definition) is 5. The Bertz CT molecular complexity index is 558. The van der Waals surface area contributed by atoms with Crippen LogP contribution in [-0.2, 0) is 15.8 Å². The number of carbonyl (C=O) groups excluding carboxylic acids is 1. The summed E-state index contributed by atoms with van der Waals surface area (Å²) in [6.45, 7) is 4.00. The fourth-order valence-electron chi connectivity index (χ4n) is 3.33. The standard InChI is InChI=1S/C15H24N3O3PS/c1-3-7-11(22(20)21)10-15(8-5-6-9-15)13(19)16-14-18-17-12(4-2)23-14/h11H,3-10H2,1-2H3,(H-,16,18,19,20,21)/p+1/t11-/m1/s1. The summed E-state index contributed by atoms with van der Waals surface area (Å²) in [4.78, 5) is 22.4. The van der Waals surface area contributed by atoms with Gasteiger partial charge < -0.3 is 5.32 Å². The minimum absolute atomic E-state index is 0.0632. The number of rotatable bonds is 8. The highest BCUT2D eigenvalue weighted by Gasteiger charge is 2.47. The molecule has 0 aromatic carbocycles. The molecule has 2 rings (SSSR count). The van der Waals surface area contributed by atoms with E-state index in [9.17, 15) is 14.3 Å². The Labute approximate surface area is 142 Å². The molecule has 128 valence electrons. The molecule has 1 saturated carbocycles. The van der Waals surface area contributed by atoms with Crippen LogP contribution in [-0.4, -0.2) is 26.7 Å². The summed E-state index contributed by atoms with van der Waals surface area (Å²) in [7, 11) is -2.26. The normalized spacial score (nSPS) is 18.7. The van der Waals surface area contributed by atoms with Gasteiger partial charge in [0.2, 0.25) is 11.0 Å². The summed E-state index contributed by atoms with van der Waals surface area (Å²) >= 11 is 1.39. The minimum atomic E-state index is -2.26. The highest BCUT2D eigenvalue weighted by molar-refractivity contribution is 7.38. The number of aromatic nitrogens is 2. The average Bonchev–Trinajstić information content (AvgIpc) is 3.16. The van der Waals surface area contributed by atoms with E-state index in [1.54, 1.807) is 0 Å². The van der Waals surface area contributed by atoms with Crippen molar-refractivity contribution in [3.63, 3.8) is 0 Å². The zero-order valence-electron chi connectivity index (χ0n) is 13.7. The van der Waals surface area contributed by atoms with Gasteiger partial charge in [0.1, 0.15) is 5.01 Å². The van der Waals surface area contributed by atoms with E-state index in [4.69, 9.17) is 0 Å². The molecule has 1 amide bonds. The van der Waals surface area contributed by atoms with Gasteiger partial charge in [0, 0.05) is 6.42 Å². The Hall–Kier alpha value is -0.910. The maximum Gasteiger partial charge on any atom is 0.508 e. The summed E-state index contributed by atoms with van der Waals surface area (Å²) < 4.78 is 11.6. The first-order chi connectivity index (χ1) is 11.0. The highest BCUT2D eigenvalue weighted by Crippen LogP contribution is 2.47. The topological polar surface area (TPSA) is 92.2 Å². The molecule has 23 heavy (non-hydrogen) atoms. The molecule has 1 aliphatic rings. The van der Waals surface area contributed by atoms with Crippen LogP contribution in [0.2, 0.25) is 0 Å². The molecule has 1 fully saturated rings. The quantitative estimate of drug-likeness (QED) is 0.688. The molecule has 1 heterocycles. The fraction of sp³-hybridized carbons (Fsp3) is 0.800. The van der Waals surface area contributed by atoms with E-state index in [0.717, 1.165) is 43.5 Å². The van der Waals surface area contributed by atoms with Crippen molar-refractivity contribution in [1.29, 1.82) is 0 Å². The third-order valence-corrected chi connectivity index (χ3v) is 6.64. The molecule has 2 N–H and O–H groups in total. The molecule has 2 atom stereocenters. The second kappa shape index (κ2) is 8.27. The first kappa shape index (κ1) is 18.4. The Kier molecular flexibility index (Phi) is 6.62. The van der Waals surface area contributed by atoms with Crippen LogP contribution in [0.3, 0.4) is 0 Å². The first-order valence-corrected chi connectivity index (χ1v) is 10.4. The van der Waals surface area contributed by atoms with Crippen molar-refractivity contribution >= 4 is 30.4 Å². The molecule has 6 nitrogen and oxygen atoms in total. The zero-order valence-corrected chi connectivity index (χ0v) is 15.5. The Morgan fingerprint density at radius 1 is 1.39 bits per heavy atom. The van der Waals surface area contributed by atoms with Crippen LogP contribution in [0.1, 0.15) is 63.8 Å². The Morgan fingerprint density at radius 2 is 2.09 bits per heavy atom. The van der Waals surface area contributed by atoms with E-state index >= 15 is 0 Å². The van der Waals surface area contributed by atoms with E-state index in [0.29, 0.717) is 18.0 Å². The van der Waals surface area contributed by atoms with Crippen molar-refractivity contribution in [3.8, 4) is 0 Å². The predicted molar refractivity (Wildman–Crippen MR) is 92.0 cm³/mol. The lowest BCUT2D eigenvalue weighted by atomic mass is 9.79. The molecular weight excluding hydrogens is 333 g/mol. The first-order valence-electron chi connectivity index (χ1n) is 8.30. The second-order valence-electron chi connectivity index (χ2n) is 6.25. The maximum atomic E-state index is 12.8. The summed E-state index contributed by atoms with van der Waals surface area (Å²) in [6.07, 6.45) is 6.35. The number of anilines is 1. The number of nitrogens with zero attached hydrogens (tertiary/aromatic N) is 2. The van der Waals surface area contributed by atoms with Gasteiger partial charge in [0.05, 0.1) is 5.41 Å². The smallest absolute Gasteiger partial charge is 0.300 e. The monoisotopic (exact) mass is 358 g/mol. The van der Waals surface area contributed by atoms with Crippen LogP contribution < -0.4 is 5.32 Å². The lowest BCUT2D eigenvalue weighted by Crippen LogP contribution is -2.36. The van der Waals surface area contributed by atoms with E-state index in [1.165, 1.54) is 11.3 Å². The lowest BCUT2D eigenvalue weighted by Gasteiger charge is -2.27. The van der Waals surface area contributed by atoms with Gasteiger partial charge in [-0.25, -0.2) is 0 Å². The van der Waals surface area contributed by atoms with Crippen LogP contribution in [0.4, 0.5) is 5.13 Å². The molecule has 0 bridgehead atoms. The van der Waals surface area contributed by atoms with E-state index in [-0.39, 0.29) is 11.6 Å². The van der Waals surface area contributed by atoms with Gasteiger partial charge in [-0.1, -0.05) is 44.4 Å². The Morgan fingerprint density at radius 3 is 2.61 bits per heavy atom. The minimum Gasteiger partial charge on any atom is -0.300 e. The largest absolute Gasteiger partial charge is 0.508 e. The summed E-state index contributed by atoms with van der Waals surface area (Å²) in [6, 6.07) is 0. The summed E-state index contributed by atoms with van der Waals surface area (Å²) in [5.41, 5.74) is -0.842. The number of aryl methyl sites for hydroxylation is 1. The molecule has 0 aliphatic heterocycles. The van der Waals surface area contributed by atoms with Crippen molar-refractivity contribution < 1.29 is 14.3 Å². The van der Waals surface area contributed by atoms with Crippen LogP contribution in [0, 0.1) is 5.41 Å². The number of carbonyl (C=O) groups is 1. The van der Waals surface area contributed by atoms with Gasteiger partial charge in [0.15, 0.2) is 5.66 Å². The van der Waals surface area contributed by atoms with Crippen molar-refractivity contribution in [3.05, 3.63) is 5.01 Å². The van der Waals surface area contributed by atoms with Crippen molar-refractivity contribution in [2.45, 2.75) is 70.9 Å². The van der Waals surface area contributed by atoms with Gasteiger partial charge in [-0.2, -0.15) is 4.89 Å². The van der Waals surface area contributed by atoms with E-state index in [2.05, 4.69) is 15.5 Å². The molecule has 0 saturated heterocycles.